The second-order valence-corrected chi connectivity index (χ2v) is 5.59. The van der Waals surface area contributed by atoms with Gasteiger partial charge >= 0.3 is 6.18 Å². The second kappa shape index (κ2) is 7.68. The molecule has 0 aromatic heterocycles. The Labute approximate surface area is 133 Å². The van der Waals surface area contributed by atoms with E-state index in [2.05, 4.69) is 10.6 Å². The Morgan fingerprint density at radius 1 is 1.43 bits per heavy atom. The molecule has 1 fully saturated rings. The molecule has 1 aromatic rings. The molecule has 128 valence electrons. The highest BCUT2D eigenvalue weighted by Gasteiger charge is 2.31. The number of hydrogen-bond donors (Lipinski definition) is 2. The van der Waals surface area contributed by atoms with Crippen LogP contribution in [0.25, 0.3) is 0 Å². The van der Waals surface area contributed by atoms with Crippen LogP contribution in [-0.2, 0) is 11.0 Å². The highest BCUT2D eigenvalue weighted by molar-refractivity contribution is 5.92. The molecule has 0 saturated carbocycles. The predicted octanol–water partition coefficient (Wildman–Crippen LogP) is 3.43. The zero-order valence-electron chi connectivity index (χ0n) is 13.0. The van der Waals surface area contributed by atoms with Gasteiger partial charge in [0.1, 0.15) is 5.75 Å². The Balaban J connectivity index is 2.04. The van der Waals surface area contributed by atoms with E-state index in [9.17, 15) is 18.0 Å². The number of hydrogen-bond acceptors (Lipinski definition) is 3. The topological polar surface area (TPSA) is 50.4 Å². The first-order valence-electron chi connectivity index (χ1n) is 7.74. The average Bonchev–Trinajstić information content (AvgIpc) is 2.99. The Bertz CT molecular complexity index is 541. The number of amides is 1. The maximum atomic E-state index is 12.8. The molecular formula is C16H21F3N2O2. The molecule has 2 rings (SSSR count). The van der Waals surface area contributed by atoms with Gasteiger partial charge in [-0.3, -0.25) is 4.79 Å². The normalized spacial score (nSPS) is 18.0. The van der Waals surface area contributed by atoms with E-state index in [1.807, 2.05) is 0 Å². The summed E-state index contributed by atoms with van der Waals surface area (Å²) in [5, 5.41) is 5.77. The number of halogens is 3. The van der Waals surface area contributed by atoms with E-state index >= 15 is 0 Å². The van der Waals surface area contributed by atoms with Gasteiger partial charge in [-0.15, -0.1) is 0 Å². The Hall–Kier alpha value is -1.76. The fourth-order valence-electron chi connectivity index (χ4n) is 2.59. The van der Waals surface area contributed by atoms with Crippen LogP contribution < -0.4 is 15.4 Å². The highest BCUT2D eigenvalue weighted by Crippen LogP contribution is 2.35. The first-order chi connectivity index (χ1) is 10.9. The van der Waals surface area contributed by atoms with Crippen LogP contribution in [0.5, 0.6) is 5.75 Å². The third kappa shape index (κ3) is 5.13. The first-order valence-corrected chi connectivity index (χ1v) is 7.74. The number of carbonyl (C=O) groups excluding carboxylic acids is 1. The molecule has 7 heteroatoms. The Kier molecular flexibility index (Phi) is 5.87. The van der Waals surface area contributed by atoms with Crippen molar-refractivity contribution in [3.63, 3.8) is 0 Å². The van der Waals surface area contributed by atoms with Crippen LogP contribution in [0.15, 0.2) is 18.2 Å². The molecule has 4 nitrogen and oxygen atoms in total. The summed E-state index contributed by atoms with van der Waals surface area (Å²) in [7, 11) is 0. The van der Waals surface area contributed by atoms with Crippen LogP contribution in [0.1, 0.15) is 31.7 Å². The van der Waals surface area contributed by atoms with Crippen LogP contribution >= 0.6 is 0 Å². The highest BCUT2D eigenvalue weighted by atomic mass is 19.4. The number of nitrogens with one attached hydrogen (secondary N) is 2. The summed E-state index contributed by atoms with van der Waals surface area (Å²) < 4.78 is 43.7. The van der Waals surface area contributed by atoms with Crippen molar-refractivity contribution in [1.82, 2.24) is 5.32 Å². The van der Waals surface area contributed by atoms with Crippen LogP contribution in [0.2, 0.25) is 0 Å². The van der Waals surface area contributed by atoms with Crippen LogP contribution in [-0.4, -0.2) is 25.6 Å². The second-order valence-electron chi connectivity index (χ2n) is 5.59. The maximum absolute atomic E-state index is 12.8. The molecule has 1 atom stereocenters. The number of rotatable bonds is 6. The van der Waals surface area contributed by atoms with Gasteiger partial charge in [0.05, 0.1) is 17.9 Å². The molecule has 1 heterocycles. The van der Waals surface area contributed by atoms with Crippen LogP contribution in [0.3, 0.4) is 0 Å². The van der Waals surface area contributed by atoms with Crippen LogP contribution in [0.4, 0.5) is 18.9 Å². The molecule has 1 saturated heterocycles. The lowest BCUT2D eigenvalue weighted by Gasteiger charge is -2.15. The van der Waals surface area contributed by atoms with Crippen molar-refractivity contribution in [2.24, 2.45) is 5.92 Å². The molecule has 0 aliphatic carbocycles. The monoisotopic (exact) mass is 330 g/mol. The lowest BCUT2D eigenvalue weighted by molar-refractivity contribution is -0.137. The molecular weight excluding hydrogens is 309 g/mol. The fourth-order valence-corrected chi connectivity index (χ4v) is 2.59. The van der Waals surface area contributed by atoms with E-state index in [0.717, 1.165) is 38.1 Å². The standard InChI is InChI=1S/C16H21F3N2O2/c1-2-23-14-5-4-12(16(17,18)19)9-13(14)21-15(22)6-3-11-7-8-20-10-11/h4-5,9,11,20H,2-3,6-8,10H2,1H3,(H,21,22). The summed E-state index contributed by atoms with van der Waals surface area (Å²) in [6.07, 6.45) is -2.42. The molecule has 1 aliphatic heterocycles. The number of anilines is 1. The predicted molar refractivity (Wildman–Crippen MR) is 81.5 cm³/mol. The molecule has 0 radical (unpaired) electrons. The van der Waals surface area contributed by atoms with Gasteiger partial charge in [0.2, 0.25) is 5.91 Å². The number of carbonyl (C=O) groups is 1. The third-order valence-corrected chi connectivity index (χ3v) is 3.82. The summed E-state index contributed by atoms with van der Waals surface area (Å²) in [5.41, 5.74) is -0.743. The van der Waals surface area contributed by atoms with Gasteiger partial charge in [-0.2, -0.15) is 13.2 Å². The molecule has 0 spiro atoms. The van der Waals surface area contributed by atoms with Crippen molar-refractivity contribution in [3.05, 3.63) is 23.8 Å². The SMILES string of the molecule is CCOc1ccc(C(F)(F)F)cc1NC(=O)CCC1CCNC1. The van der Waals surface area contributed by atoms with E-state index in [1.165, 1.54) is 6.07 Å². The summed E-state index contributed by atoms with van der Waals surface area (Å²) in [4.78, 5) is 12.0. The van der Waals surface area contributed by atoms with Crippen molar-refractivity contribution in [2.45, 2.75) is 32.4 Å². The molecule has 1 unspecified atom stereocenters. The van der Waals surface area contributed by atoms with Crippen molar-refractivity contribution < 1.29 is 22.7 Å². The van der Waals surface area contributed by atoms with Gasteiger partial charge in [0.15, 0.2) is 0 Å². The number of ether oxygens (including phenoxy) is 1. The molecule has 23 heavy (non-hydrogen) atoms. The van der Waals surface area contributed by atoms with E-state index in [4.69, 9.17) is 4.74 Å². The smallest absolute Gasteiger partial charge is 0.416 e. The number of alkyl halides is 3. The summed E-state index contributed by atoms with van der Waals surface area (Å²) in [5.74, 6) is 0.405. The largest absolute Gasteiger partial charge is 0.492 e. The van der Waals surface area contributed by atoms with Gasteiger partial charge < -0.3 is 15.4 Å². The molecule has 0 bridgehead atoms. The zero-order chi connectivity index (χ0) is 16.9. The van der Waals surface area contributed by atoms with E-state index < -0.39 is 11.7 Å². The fraction of sp³-hybridized carbons (Fsp3) is 0.562. The summed E-state index contributed by atoms with van der Waals surface area (Å²) in [6, 6.07) is 3.10. The third-order valence-electron chi connectivity index (χ3n) is 3.82. The summed E-state index contributed by atoms with van der Waals surface area (Å²) >= 11 is 0. The van der Waals surface area contributed by atoms with E-state index in [0.29, 0.717) is 12.5 Å². The Morgan fingerprint density at radius 3 is 2.83 bits per heavy atom. The minimum absolute atomic E-state index is 0.0659. The molecule has 1 aliphatic rings. The quantitative estimate of drug-likeness (QED) is 0.840. The number of benzene rings is 1. The zero-order valence-corrected chi connectivity index (χ0v) is 13.0. The van der Waals surface area contributed by atoms with Gasteiger partial charge in [-0.05, 0) is 57.0 Å². The van der Waals surface area contributed by atoms with Gasteiger partial charge in [0, 0.05) is 6.42 Å². The minimum atomic E-state index is -4.46. The Morgan fingerprint density at radius 2 is 2.22 bits per heavy atom. The van der Waals surface area contributed by atoms with Crippen molar-refractivity contribution in [2.75, 3.05) is 25.0 Å². The minimum Gasteiger partial charge on any atom is -0.492 e. The van der Waals surface area contributed by atoms with Gasteiger partial charge in [0.25, 0.3) is 0 Å². The van der Waals surface area contributed by atoms with E-state index in [-0.39, 0.29) is 23.8 Å². The van der Waals surface area contributed by atoms with Crippen molar-refractivity contribution in [1.29, 1.82) is 0 Å². The molecule has 2 N–H and O–H groups in total. The summed E-state index contributed by atoms with van der Waals surface area (Å²) in [6.45, 7) is 3.88. The average molecular weight is 330 g/mol. The van der Waals surface area contributed by atoms with Gasteiger partial charge in [-0.25, -0.2) is 0 Å². The maximum Gasteiger partial charge on any atom is 0.416 e. The van der Waals surface area contributed by atoms with Crippen molar-refractivity contribution >= 4 is 11.6 Å². The first kappa shape index (κ1) is 17.6. The van der Waals surface area contributed by atoms with Crippen molar-refractivity contribution in [3.8, 4) is 5.75 Å². The van der Waals surface area contributed by atoms with E-state index in [1.54, 1.807) is 6.92 Å². The van der Waals surface area contributed by atoms with Gasteiger partial charge in [-0.1, -0.05) is 0 Å². The lowest BCUT2D eigenvalue weighted by Crippen LogP contribution is -2.16. The van der Waals surface area contributed by atoms with Crippen LogP contribution in [0, 0.1) is 5.92 Å². The molecule has 1 aromatic carbocycles. The lowest BCUT2D eigenvalue weighted by atomic mass is 10.0. The molecule has 1 amide bonds.